The van der Waals surface area contributed by atoms with E-state index in [1.807, 2.05) is 91.0 Å². The number of aliphatic carboxylic acids is 1. The van der Waals surface area contributed by atoms with E-state index in [2.05, 4.69) is 10.3 Å². The molecular formula is C32H31CaN5O4. The van der Waals surface area contributed by atoms with Crippen LogP contribution in [0.25, 0.3) is 34.4 Å². The Morgan fingerprint density at radius 2 is 1.52 bits per heavy atom. The minimum absolute atomic E-state index is 0. The molecule has 0 aliphatic carbocycles. The quantitative estimate of drug-likeness (QED) is 0.155. The van der Waals surface area contributed by atoms with Gasteiger partial charge in [0.1, 0.15) is 5.69 Å². The number of para-hydroxylation sites is 1. The molecule has 0 spiro atoms. The zero-order chi connectivity index (χ0) is 28.6. The van der Waals surface area contributed by atoms with E-state index in [9.17, 15) is 15.0 Å². The van der Waals surface area contributed by atoms with Crippen molar-refractivity contribution in [2.75, 3.05) is 5.32 Å². The van der Waals surface area contributed by atoms with E-state index in [0.717, 1.165) is 28.1 Å². The number of benzene rings is 3. The number of hydrogen-bond donors (Lipinski definition) is 4. The van der Waals surface area contributed by atoms with Crippen LogP contribution in [0.1, 0.15) is 21.3 Å². The predicted octanol–water partition coefficient (Wildman–Crippen LogP) is 5.18. The van der Waals surface area contributed by atoms with Crippen LogP contribution >= 0.6 is 0 Å². The number of carboxylic acid groups (broad SMARTS) is 1. The summed E-state index contributed by atoms with van der Waals surface area (Å²) >= 11 is 0. The Balaban J connectivity index is 0.00000225. The smallest absolute Gasteiger partial charge is 1.00 e. The molecule has 0 aliphatic heterocycles. The number of carboxylic acids is 1. The first kappa shape index (κ1) is 31.1. The van der Waals surface area contributed by atoms with Crippen molar-refractivity contribution in [3.8, 4) is 28.3 Å². The van der Waals surface area contributed by atoms with Crippen molar-refractivity contribution in [3.05, 3.63) is 115 Å². The summed E-state index contributed by atoms with van der Waals surface area (Å²) in [4.78, 5) is 20.1. The molecule has 0 saturated carbocycles. The summed E-state index contributed by atoms with van der Waals surface area (Å²) in [6.45, 7) is 0. The molecule has 0 aliphatic rings. The van der Waals surface area contributed by atoms with Crippen LogP contribution < -0.4 is 5.32 Å². The number of hydrogen-bond acceptors (Lipinski definition) is 7. The SMILES string of the molecule is O=C(O)C[C@H](O)C[C@H](O)/C=C/c1c(-c2ccccc2)nn(-c2ccnc(Nc3ccccc3)n2)c1-c1ccccc1.[Ca+2].[H-].[H-]. The van der Waals surface area contributed by atoms with Crippen LogP contribution in [0.5, 0.6) is 0 Å². The van der Waals surface area contributed by atoms with Gasteiger partial charge in [0.25, 0.3) is 0 Å². The molecule has 5 aromatic rings. The molecule has 0 amide bonds. The van der Waals surface area contributed by atoms with Gasteiger partial charge >= 0.3 is 43.7 Å². The summed E-state index contributed by atoms with van der Waals surface area (Å²) in [5, 5.41) is 37.8. The molecule has 10 heteroatoms. The van der Waals surface area contributed by atoms with E-state index in [1.165, 1.54) is 0 Å². The van der Waals surface area contributed by atoms with Crippen molar-refractivity contribution in [3.63, 3.8) is 0 Å². The van der Waals surface area contributed by atoms with Gasteiger partial charge in [-0.1, -0.05) is 91.0 Å². The van der Waals surface area contributed by atoms with E-state index < -0.39 is 24.6 Å². The Kier molecular flexibility index (Phi) is 11.0. The van der Waals surface area contributed by atoms with Crippen molar-refractivity contribution >= 4 is 61.4 Å². The van der Waals surface area contributed by atoms with Gasteiger partial charge in [-0.3, -0.25) is 4.79 Å². The molecule has 0 fully saturated rings. The average Bonchev–Trinajstić information content (AvgIpc) is 3.37. The zero-order valence-electron chi connectivity index (χ0n) is 24.8. The third kappa shape index (κ3) is 7.90. The molecule has 9 nitrogen and oxygen atoms in total. The molecule has 210 valence electrons. The van der Waals surface area contributed by atoms with E-state index in [1.54, 1.807) is 29.1 Å². The van der Waals surface area contributed by atoms with Crippen LogP contribution in [0, 0.1) is 0 Å². The first-order valence-electron chi connectivity index (χ1n) is 13.1. The van der Waals surface area contributed by atoms with Crippen LogP contribution in [0.2, 0.25) is 0 Å². The second-order valence-corrected chi connectivity index (χ2v) is 9.40. The molecule has 3 aromatic carbocycles. The summed E-state index contributed by atoms with van der Waals surface area (Å²) < 4.78 is 1.75. The Bertz CT molecular complexity index is 1640. The standard InChI is InChI=1S/C32H29N5O4.Ca.2H/c38-25(20-26(39)21-29(40)41)16-17-27-30(22-10-4-1-5-11-22)36-37(31(27)23-12-6-2-7-13-23)28-18-19-33-32(35-28)34-24-14-8-3-9-15-24;;;/h1-19,25-26,38-39H,20-21H2,(H,40,41)(H,33,34,35);;;/q;+2;2*-1/b17-16+;;;/t25-,26-;;;/m1.../s1. The van der Waals surface area contributed by atoms with Gasteiger partial charge in [0.2, 0.25) is 5.95 Å². The molecule has 4 N–H and O–H groups in total. The van der Waals surface area contributed by atoms with Gasteiger partial charge in [0, 0.05) is 41.1 Å². The van der Waals surface area contributed by atoms with Gasteiger partial charge in [0.15, 0.2) is 5.82 Å². The van der Waals surface area contributed by atoms with Crippen molar-refractivity contribution in [2.45, 2.75) is 25.0 Å². The maximum atomic E-state index is 11.0. The van der Waals surface area contributed by atoms with Crippen LogP contribution in [0.4, 0.5) is 11.6 Å². The second-order valence-electron chi connectivity index (χ2n) is 9.40. The predicted molar refractivity (Wildman–Crippen MR) is 166 cm³/mol. The van der Waals surface area contributed by atoms with Gasteiger partial charge in [-0.05, 0) is 12.1 Å². The normalized spacial score (nSPS) is 12.4. The number of rotatable bonds is 11. The molecule has 0 unspecified atom stereocenters. The molecule has 0 radical (unpaired) electrons. The zero-order valence-corrected chi connectivity index (χ0v) is 25.0. The Morgan fingerprint density at radius 3 is 2.17 bits per heavy atom. The van der Waals surface area contributed by atoms with Gasteiger partial charge < -0.3 is 23.5 Å². The van der Waals surface area contributed by atoms with E-state index in [-0.39, 0.29) is 47.0 Å². The maximum absolute atomic E-state index is 11.0. The van der Waals surface area contributed by atoms with E-state index in [4.69, 9.17) is 15.2 Å². The van der Waals surface area contributed by atoms with Crippen LogP contribution in [-0.2, 0) is 4.79 Å². The molecule has 2 atom stereocenters. The second kappa shape index (κ2) is 14.9. The van der Waals surface area contributed by atoms with E-state index >= 15 is 0 Å². The summed E-state index contributed by atoms with van der Waals surface area (Å²) in [6.07, 6.45) is 2.17. The first-order valence-corrected chi connectivity index (χ1v) is 13.1. The number of carbonyl (C=O) groups is 1. The molecule has 2 aromatic heterocycles. The van der Waals surface area contributed by atoms with Gasteiger partial charge in [-0.15, -0.1) is 0 Å². The average molecular weight is 590 g/mol. The van der Waals surface area contributed by atoms with Crippen LogP contribution in [0.15, 0.2) is 109 Å². The fourth-order valence-corrected chi connectivity index (χ4v) is 4.46. The first-order chi connectivity index (χ1) is 20.0. The molecule has 0 saturated heterocycles. The Labute approximate surface area is 276 Å². The Morgan fingerprint density at radius 1 is 0.905 bits per heavy atom. The number of nitrogens with zero attached hydrogens (tertiary/aromatic N) is 4. The summed E-state index contributed by atoms with van der Waals surface area (Å²) in [5.41, 5.74) is 4.71. The number of anilines is 2. The van der Waals surface area contributed by atoms with Crippen LogP contribution in [0.3, 0.4) is 0 Å². The van der Waals surface area contributed by atoms with Gasteiger partial charge in [-0.2, -0.15) is 10.1 Å². The number of aliphatic hydroxyl groups is 2. The largest absolute Gasteiger partial charge is 2.00 e. The van der Waals surface area contributed by atoms with E-state index in [0.29, 0.717) is 17.5 Å². The molecule has 42 heavy (non-hydrogen) atoms. The Hall–Kier alpha value is -3.86. The summed E-state index contributed by atoms with van der Waals surface area (Å²) in [6, 6.07) is 30.8. The maximum Gasteiger partial charge on any atom is 2.00 e. The topological polar surface area (TPSA) is 133 Å². The third-order valence-electron chi connectivity index (χ3n) is 6.31. The number of aromatic nitrogens is 4. The third-order valence-corrected chi connectivity index (χ3v) is 6.31. The van der Waals surface area contributed by atoms with Crippen LogP contribution in [-0.4, -0.2) is 91.0 Å². The van der Waals surface area contributed by atoms with Gasteiger partial charge in [-0.25, -0.2) is 9.67 Å². The fourth-order valence-electron chi connectivity index (χ4n) is 4.46. The number of aliphatic hydroxyl groups excluding tert-OH is 2. The fraction of sp³-hybridized carbons (Fsp3) is 0.125. The molecular weight excluding hydrogens is 558 g/mol. The molecule has 2 heterocycles. The minimum atomic E-state index is -1.17. The minimum Gasteiger partial charge on any atom is -1.00 e. The summed E-state index contributed by atoms with van der Waals surface area (Å²) in [5.74, 6) is -0.186. The van der Waals surface area contributed by atoms with Gasteiger partial charge in [0.05, 0.1) is 24.3 Å². The van der Waals surface area contributed by atoms with Crippen molar-refractivity contribution in [1.82, 2.24) is 19.7 Å². The van der Waals surface area contributed by atoms with Crippen molar-refractivity contribution < 1.29 is 23.0 Å². The summed E-state index contributed by atoms with van der Waals surface area (Å²) in [7, 11) is 0. The number of nitrogens with one attached hydrogen (secondary N) is 1. The molecule has 0 bridgehead atoms. The molecule has 5 rings (SSSR count). The monoisotopic (exact) mass is 589 g/mol. The van der Waals surface area contributed by atoms with Crippen molar-refractivity contribution in [2.24, 2.45) is 0 Å². The van der Waals surface area contributed by atoms with Crippen molar-refractivity contribution in [1.29, 1.82) is 0 Å².